The maximum Gasteiger partial charge on any atom is 0.227 e. The minimum absolute atomic E-state index is 0.0309. The molecule has 1 aliphatic heterocycles. The summed E-state index contributed by atoms with van der Waals surface area (Å²) >= 11 is 7.69. The molecule has 1 fully saturated rings. The Morgan fingerprint density at radius 3 is 2.69 bits per heavy atom. The Morgan fingerprint density at radius 1 is 1.31 bits per heavy atom. The number of thiophene rings is 1. The first kappa shape index (κ1) is 18.7. The van der Waals surface area contributed by atoms with Gasteiger partial charge < -0.3 is 15.0 Å². The summed E-state index contributed by atoms with van der Waals surface area (Å²) in [7, 11) is 1.55. The first-order valence-electron chi connectivity index (χ1n) is 8.51. The normalized spacial score (nSPS) is 14.9. The second-order valence-corrected chi connectivity index (χ2v) is 7.69. The number of carbonyl (C=O) groups is 2. The summed E-state index contributed by atoms with van der Waals surface area (Å²) in [5, 5.41) is 5.34. The monoisotopic (exact) mass is 392 g/mol. The van der Waals surface area contributed by atoms with Gasteiger partial charge in [0.15, 0.2) is 0 Å². The van der Waals surface area contributed by atoms with E-state index in [9.17, 15) is 9.59 Å². The van der Waals surface area contributed by atoms with Gasteiger partial charge in [-0.25, -0.2) is 0 Å². The Bertz CT molecular complexity index is 771. The molecule has 0 atom stereocenters. The van der Waals surface area contributed by atoms with Gasteiger partial charge in [0, 0.05) is 29.6 Å². The first-order chi connectivity index (χ1) is 12.6. The molecule has 0 bridgehead atoms. The number of halogens is 1. The first-order valence-corrected chi connectivity index (χ1v) is 9.77. The summed E-state index contributed by atoms with van der Waals surface area (Å²) in [5.41, 5.74) is 0.650. The summed E-state index contributed by atoms with van der Waals surface area (Å²) in [4.78, 5) is 27.7. The predicted molar refractivity (Wildman–Crippen MR) is 104 cm³/mol. The Hall–Kier alpha value is -2.05. The van der Waals surface area contributed by atoms with E-state index in [4.69, 9.17) is 16.3 Å². The second-order valence-electron chi connectivity index (χ2n) is 6.25. The molecule has 0 spiro atoms. The molecule has 2 amide bonds. The fourth-order valence-electron chi connectivity index (χ4n) is 3.05. The zero-order valence-corrected chi connectivity index (χ0v) is 16.1. The van der Waals surface area contributed by atoms with Crippen LogP contribution in [0.4, 0.5) is 5.69 Å². The van der Waals surface area contributed by atoms with Gasteiger partial charge in [-0.1, -0.05) is 17.7 Å². The molecular weight excluding hydrogens is 372 g/mol. The Morgan fingerprint density at radius 2 is 2.08 bits per heavy atom. The molecule has 26 heavy (non-hydrogen) atoms. The number of hydrogen-bond donors (Lipinski definition) is 1. The number of rotatable bonds is 5. The summed E-state index contributed by atoms with van der Waals surface area (Å²) in [6.07, 6.45) is 1.79. The standard InChI is InChI=1S/C19H21ClN2O3S/c1-25-17-5-4-14(11-16(17)20)21-19(24)13-6-8-22(9-7-13)18(23)12-15-3-2-10-26-15/h2-5,10-11,13H,6-9,12H2,1H3,(H,21,24). The highest BCUT2D eigenvalue weighted by molar-refractivity contribution is 7.10. The molecule has 0 aliphatic carbocycles. The largest absolute Gasteiger partial charge is 0.495 e. The van der Waals surface area contributed by atoms with Crippen molar-refractivity contribution < 1.29 is 14.3 Å². The van der Waals surface area contributed by atoms with Gasteiger partial charge in [-0.15, -0.1) is 11.3 Å². The number of methoxy groups -OCH3 is 1. The highest BCUT2D eigenvalue weighted by Crippen LogP contribution is 2.28. The van der Waals surface area contributed by atoms with Crippen molar-refractivity contribution in [3.63, 3.8) is 0 Å². The molecule has 1 aromatic heterocycles. The van der Waals surface area contributed by atoms with Crippen molar-refractivity contribution in [3.05, 3.63) is 45.6 Å². The van der Waals surface area contributed by atoms with E-state index in [2.05, 4.69) is 5.32 Å². The van der Waals surface area contributed by atoms with Crippen molar-refractivity contribution in [3.8, 4) is 5.75 Å². The molecule has 1 aliphatic rings. The minimum Gasteiger partial charge on any atom is -0.495 e. The number of nitrogens with one attached hydrogen (secondary N) is 1. The van der Waals surface area contributed by atoms with E-state index in [0.717, 1.165) is 4.88 Å². The van der Waals surface area contributed by atoms with Crippen molar-refractivity contribution in [2.45, 2.75) is 19.3 Å². The van der Waals surface area contributed by atoms with E-state index in [0.29, 0.717) is 48.8 Å². The molecule has 1 aromatic carbocycles. The lowest BCUT2D eigenvalue weighted by molar-refractivity contribution is -0.133. The lowest BCUT2D eigenvalue weighted by Gasteiger charge is -2.31. The van der Waals surface area contributed by atoms with Gasteiger partial charge in [-0.2, -0.15) is 0 Å². The SMILES string of the molecule is COc1ccc(NC(=O)C2CCN(C(=O)Cc3cccs3)CC2)cc1Cl. The number of piperidine rings is 1. The molecule has 2 heterocycles. The summed E-state index contributed by atoms with van der Waals surface area (Å²) < 4.78 is 5.11. The Balaban J connectivity index is 1.50. The third kappa shape index (κ3) is 4.56. The average molecular weight is 393 g/mol. The third-order valence-corrected chi connectivity index (χ3v) is 5.72. The molecule has 0 saturated carbocycles. The molecule has 1 N–H and O–H groups in total. The van der Waals surface area contributed by atoms with Crippen molar-refractivity contribution in [2.75, 3.05) is 25.5 Å². The van der Waals surface area contributed by atoms with E-state index >= 15 is 0 Å². The van der Waals surface area contributed by atoms with Crippen LogP contribution in [0.3, 0.4) is 0 Å². The molecule has 1 saturated heterocycles. The smallest absolute Gasteiger partial charge is 0.227 e. The molecule has 5 nitrogen and oxygen atoms in total. The van der Waals surface area contributed by atoms with E-state index < -0.39 is 0 Å². The van der Waals surface area contributed by atoms with E-state index in [1.165, 1.54) is 0 Å². The topological polar surface area (TPSA) is 58.6 Å². The van der Waals surface area contributed by atoms with Gasteiger partial charge in [0.25, 0.3) is 0 Å². The summed E-state index contributed by atoms with van der Waals surface area (Å²) in [5.74, 6) is 0.578. The van der Waals surface area contributed by atoms with Crippen LogP contribution in [0.2, 0.25) is 5.02 Å². The highest BCUT2D eigenvalue weighted by Gasteiger charge is 2.27. The van der Waals surface area contributed by atoms with Gasteiger partial charge in [0.05, 0.1) is 18.6 Å². The number of benzene rings is 1. The van der Waals surface area contributed by atoms with Crippen LogP contribution in [-0.2, 0) is 16.0 Å². The number of hydrogen-bond acceptors (Lipinski definition) is 4. The van der Waals surface area contributed by atoms with Crippen LogP contribution in [-0.4, -0.2) is 36.9 Å². The summed E-state index contributed by atoms with van der Waals surface area (Å²) in [6.45, 7) is 1.23. The van der Waals surface area contributed by atoms with Gasteiger partial charge in [0.1, 0.15) is 5.75 Å². The van der Waals surface area contributed by atoms with Crippen molar-refractivity contribution >= 4 is 40.4 Å². The number of amides is 2. The molecule has 7 heteroatoms. The number of anilines is 1. The number of nitrogens with zero attached hydrogens (tertiary/aromatic N) is 1. The lowest BCUT2D eigenvalue weighted by atomic mass is 9.95. The van der Waals surface area contributed by atoms with Gasteiger partial charge in [-0.05, 0) is 42.5 Å². The zero-order valence-electron chi connectivity index (χ0n) is 14.5. The molecule has 138 valence electrons. The van der Waals surface area contributed by atoms with Crippen LogP contribution in [0.5, 0.6) is 5.75 Å². The van der Waals surface area contributed by atoms with Crippen LogP contribution >= 0.6 is 22.9 Å². The van der Waals surface area contributed by atoms with Crippen molar-refractivity contribution in [1.82, 2.24) is 4.90 Å². The highest BCUT2D eigenvalue weighted by atomic mass is 35.5. The molecule has 3 rings (SSSR count). The van der Waals surface area contributed by atoms with Crippen LogP contribution in [0.1, 0.15) is 17.7 Å². The van der Waals surface area contributed by atoms with Crippen molar-refractivity contribution in [2.24, 2.45) is 5.92 Å². The van der Waals surface area contributed by atoms with Crippen LogP contribution in [0, 0.1) is 5.92 Å². The second kappa shape index (κ2) is 8.56. The van der Waals surface area contributed by atoms with Gasteiger partial charge in [0.2, 0.25) is 11.8 Å². The summed E-state index contributed by atoms with van der Waals surface area (Å²) in [6, 6.07) is 9.10. The third-order valence-electron chi connectivity index (χ3n) is 4.54. The van der Waals surface area contributed by atoms with E-state index in [-0.39, 0.29) is 17.7 Å². The predicted octanol–water partition coefficient (Wildman–Crippen LogP) is 3.83. The van der Waals surface area contributed by atoms with Crippen molar-refractivity contribution in [1.29, 1.82) is 0 Å². The minimum atomic E-state index is -0.0957. The van der Waals surface area contributed by atoms with E-state index in [1.807, 2.05) is 22.4 Å². The van der Waals surface area contributed by atoms with Crippen LogP contribution in [0.25, 0.3) is 0 Å². The molecule has 0 radical (unpaired) electrons. The zero-order chi connectivity index (χ0) is 18.5. The maximum absolute atomic E-state index is 12.5. The number of carbonyl (C=O) groups excluding carboxylic acids is 2. The number of ether oxygens (including phenoxy) is 1. The number of likely N-dealkylation sites (tertiary alicyclic amines) is 1. The average Bonchev–Trinajstić information content (AvgIpc) is 3.15. The molecule has 0 unspecified atom stereocenters. The van der Waals surface area contributed by atoms with E-state index in [1.54, 1.807) is 36.6 Å². The Kier molecular flexibility index (Phi) is 6.16. The van der Waals surface area contributed by atoms with Crippen LogP contribution < -0.4 is 10.1 Å². The Labute approximate surface area is 161 Å². The fourth-order valence-corrected chi connectivity index (χ4v) is 4.01. The molecular formula is C19H21ClN2O3S. The van der Waals surface area contributed by atoms with Gasteiger partial charge >= 0.3 is 0 Å². The quantitative estimate of drug-likeness (QED) is 0.841. The fraction of sp³-hybridized carbons (Fsp3) is 0.368. The van der Waals surface area contributed by atoms with Crippen LogP contribution in [0.15, 0.2) is 35.7 Å². The molecule has 2 aromatic rings. The lowest BCUT2D eigenvalue weighted by Crippen LogP contribution is -2.42. The maximum atomic E-state index is 12.5. The van der Waals surface area contributed by atoms with Gasteiger partial charge in [-0.3, -0.25) is 9.59 Å².